The number of benzene rings is 1. The van der Waals surface area contributed by atoms with E-state index in [1.807, 2.05) is 12.1 Å². The van der Waals surface area contributed by atoms with Gasteiger partial charge in [-0.15, -0.1) is 0 Å². The van der Waals surface area contributed by atoms with Crippen molar-refractivity contribution in [1.29, 1.82) is 0 Å². The highest BCUT2D eigenvalue weighted by molar-refractivity contribution is 5.92. The number of nitrogens with two attached hydrogens (primary N) is 1. The molecule has 1 aliphatic heterocycles. The van der Waals surface area contributed by atoms with E-state index in [0.29, 0.717) is 31.2 Å². The second-order valence-electron chi connectivity index (χ2n) is 6.13. The molecule has 1 heterocycles. The lowest BCUT2D eigenvalue weighted by atomic mass is 10.1. The molecular weight excluding hydrogens is 320 g/mol. The Kier molecular flexibility index (Phi) is 7.69. The first-order chi connectivity index (χ1) is 12.1. The van der Waals surface area contributed by atoms with Gasteiger partial charge in [0, 0.05) is 45.3 Å². The highest BCUT2D eigenvalue weighted by Crippen LogP contribution is 2.16. The Bertz CT molecular complexity index is 574. The summed E-state index contributed by atoms with van der Waals surface area (Å²) in [6.45, 7) is 4.59. The van der Waals surface area contributed by atoms with Gasteiger partial charge in [0.2, 0.25) is 5.91 Å². The van der Waals surface area contributed by atoms with Crippen molar-refractivity contribution in [2.24, 2.45) is 16.6 Å². The molecule has 138 valence electrons. The Labute approximate surface area is 149 Å². The number of amides is 1. The summed E-state index contributed by atoms with van der Waals surface area (Å²) in [6, 6.07) is 7.28. The maximum absolute atomic E-state index is 11.1. The van der Waals surface area contributed by atoms with Crippen LogP contribution in [0.15, 0.2) is 29.3 Å². The fourth-order valence-corrected chi connectivity index (χ4v) is 2.85. The fourth-order valence-electron chi connectivity index (χ4n) is 2.85. The minimum absolute atomic E-state index is 0.411. The smallest absolute Gasteiger partial charge is 0.248 e. The number of carbonyl (C=O) groups is 1. The normalized spacial score (nSPS) is 17.8. The molecule has 1 fully saturated rings. The standard InChI is InChI=1S/C18H28N4O3/c1-20-18(21-11-14-3-5-16(6-4-14)17(19)23)22-8-7-15(12-22)13-25-10-9-24-2/h3-6,15H,7-13H2,1-2H3,(H2,19,23)(H,20,21). The molecule has 1 unspecified atom stereocenters. The summed E-state index contributed by atoms with van der Waals surface area (Å²) in [5.74, 6) is 0.995. The minimum Gasteiger partial charge on any atom is -0.382 e. The van der Waals surface area contributed by atoms with Crippen molar-refractivity contribution in [3.05, 3.63) is 35.4 Å². The molecule has 1 aromatic carbocycles. The van der Waals surface area contributed by atoms with Gasteiger partial charge in [-0.2, -0.15) is 0 Å². The quantitative estimate of drug-likeness (QED) is 0.413. The first kappa shape index (κ1) is 19.2. The molecule has 7 heteroatoms. The number of aliphatic imine (C=N–C) groups is 1. The van der Waals surface area contributed by atoms with Crippen LogP contribution in [-0.4, -0.2) is 63.8 Å². The van der Waals surface area contributed by atoms with Crippen molar-refractivity contribution >= 4 is 11.9 Å². The second-order valence-corrected chi connectivity index (χ2v) is 6.13. The van der Waals surface area contributed by atoms with E-state index in [2.05, 4.69) is 15.2 Å². The van der Waals surface area contributed by atoms with E-state index in [9.17, 15) is 4.79 Å². The maximum Gasteiger partial charge on any atom is 0.248 e. The average Bonchev–Trinajstić information content (AvgIpc) is 3.08. The fraction of sp³-hybridized carbons (Fsp3) is 0.556. The highest BCUT2D eigenvalue weighted by atomic mass is 16.5. The van der Waals surface area contributed by atoms with E-state index < -0.39 is 5.91 Å². The SMILES string of the molecule is CN=C(NCc1ccc(C(N)=O)cc1)N1CCC(COCCOC)C1. The first-order valence-corrected chi connectivity index (χ1v) is 8.55. The molecule has 2 rings (SSSR count). The molecule has 0 spiro atoms. The molecule has 0 saturated carbocycles. The van der Waals surface area contributed by atoms with Gasteiger partial charge in [-0.3, -0.25) is 9.79 Å². The Morgan fingerprint density at radius 1 is 1.36 bits per heavy atom. The minimum atomic E-state index is -0.411. The van der Waals surface area contributed by atoms with Gasteiger partial charge < -0.3 is 25.4 Å². The van der Waals surface area contributed by atoms with Crippen LogP contribution >= 0.6 is 0 Å². The van der Waals surface area contributed by atoms with Crippen LogP contribution in [0, 0.1) is 5.92 Å². The summed E-state index contributed by atoms with van der Waals surface area (Å²) >= 11 is 0. The third-order valence-electron chi connectivity index (χ3n) is 4.27. The van der Waals surface area contributed by atoms with Crippen LogP contribution in [0.3, 0.4) is 0 Å². The third-order valence-corrected chi connectivity index (χ3v) is 4.27. The largest absolute Gasteiger partial charge is 0.382 e. The van der Waals surface area contributed by atoms with Crippen LogP contribution in [-0.2, 0) is 16.0 Å². The van der Waals surface area contributed by atoms with Crippen LogP contribution in [0.5, 0.6) is 0 Å². The van der Waals surface area contributed by atoms with E-state index in [1.54, 1.807) is 26.3 Å². The predicted molar refractivity (Wildman–Crippen MR) is 97.5 cm³/mol. The number of ether oxygens (including phenoxy) is 2. The Morgan fingerprint density at radius 2 is 2.12 bits per heavy atom. The molecule has 3 N–H and O–H groups in total. The Hall–Kier alpha value is -2.12. The van der Waals surface area contributed by atoms with Gasteiger partial charge in [0.1, 0.15) is 0 Å². The lowest BCUT2D eigenvalue weighted by Crippen LogP contribution is -2.39. The molecule has 0 aromatic heterocycles. The lowest BCUT2D eigenvalue weighted by molar-refractivity contribution is 0.0536. The topological polar surface area (TPSA) is 89.2 Å². The van der Waals surface area contributed by atoms with Gasteiger partial charge in [0.05, 0.1) is 19.8 Å². The van der Waals surface area contributed by atoms with Gasteiger partial charge in [-0.05, 0) is 24.1 Å². The number of rotatable bonds is 8. The number of carbonyl (C=O) groups excluding carboxylic acids is 1. The highest BCUT2D eigenvalue weighted by Gasteiger charge is 2.24. The zero-order chi connectivity index (χ0) is 18.1. The van der Waals surface area contributed by atoms with Gasteiger partial charge in [-0.25, -0.2) is 0 Å². The summed E-state index contributed by atoms with van der Waals surface area (Å²) in [6.07, 6.45) is 1.10. The van der Waals surface area contributed by atoms with E-state index in [1.165, 1.54) is 0 Å². The molecule has 0 bridgehead atoms. The second kappa shape index (κ2) is 10.0. The van der Waals surface area contributed by atoms with Crippen LogP contribution in [0.25, 0.3) is 0 Å². The molecular formula is C18H28N4O3. The number of hydrogen-bond donors (Lipinski definition) is 2. The van der Waals surface area contributed by atoms with E-state index >= 15 is 0 Å². The van der Waals surface area contributed by atoms with Gasteiger partial charge >= 0.3 is 0 Å². The number of primary amides is 1. The van der Waals surface area contributed by atoms with E-state index in [0.717, 1.165) is 37.6 Å². The Balaban J connectivity index is 1.77. The summed E-state index contributed by atoms with van der Waals surface area (Å²) in [4.78, 5) is 17.7. The lowest BCUT2D eigenvalue weighted by Gasteiger charge is -2.22. The Morgan fingerprint density at radius 3 is 2.76 bits per heavy atom. The zero-order valence-electron chi connectivity index (χ0n) is 15.0. The predicted octanol–water partition coefficient (Wildman–Crippen LogP) is 0.846. The molecule has 0 aliphatic carbocycles. The van der Waals surface area contributed by atoms with Crippen molar-refractivity contribution in [3.8, 4) is 0 Å². The number of likely N-dealkylation sites (tertiary alicyclic amines) is 1. The summed E-state index contributed by atoms with van der Waals surface area (Å²) < 4.78 is 10.6. The summed E-state index contributed by atoms with van der Waals surface area (Å²) in [5.41, 5.74) is 6.85. The molecule has 1 aliphatic rings. The van der Waals surface area contributed by atoms with Crippen molar-refractivity contribution in [2.45, 2.75) is 13.0 Å². The van der Waals surface area contributed by atoms with Gasteiger partial charge in [0.25, 0.3) is 0 Å². The van der Waals surface area contributed by atoms with Gasteiger partial charge in [-0.1, -0.05) is 12.1 Å². The molecule has 1 atom stereocenters. The first-order valence-electron chi connectivity index (χ1n) is 8.55. The molecule has 1 saturated heterocycles. The molecule has 1 amide bonds. The van der Waals surface area contributed by atoms with Crippen molar-refractivity contribution in [1.82, 2.24) is 10.2 Å². The van der Waals surface area contributed by atoms with Crippen LogP contribution in [0.4, 0.5) is 0 Å². The average molecular weight is 348 g/mol. The molecule has 25 heavy (non-hydrogen) atoms. The van der Waals surface area contributed by atoms with E-state index in [-0.39, 0.29) is 0 Å². The molecule has 1 aromatic rings. The van der Waals surface area contributed by atoms with Crippen molar-refractivity contribution in [3.63, 3.8) is 0 Å². The molecule has 7 nitrogen and oxygen atoms in total. The maximum atomic E-state index is 11.1. The molecule has 0 radical (unpaired) electrons. The van der Waals surface area contributed by atoms with Crippen molar-refractivity contribution in [2.75, 3.05) is 47.1 Å². The third kappa shape index (κ3) is 6.03. The van der Waals surface area contributed by atoms with Crippen LogP contribution < -0.4 is 11.1 Å². The van der Waals surface area contributed by atoms with E-state index in [4.69, 9.17) is 15.2 Å². The number of guanidine groups is 1. The number of methoxy groups -OCH3 is 1. The summed E-state index contributed by atoms with van der Waals surface area (Å²) in [7, 11) is 3.47. The van der Waals surface area contributed by atoms with Gasteiger partial charge in [0.15, 0.2) is 5.96 Å². The number of nitrogens with zero attached hydrogens (tertiary/aromatic N) is 2. The monoisotopic (exact) mass is 348 g/mol. The number of hydrogen-bond acceptors (Lipinski definition) is 4. The zero-order valence-corrected chi connectivity index (χ0v) is 15.0. The summed E-state index contributed by atoms with van der Waals surface area (Å²) in [5, 5.41) is 3.37. The van der Waals surface area contributed by atoms with Crippen molar-refractivity contribution < 1.29 is 14.3 Å². The number of nitrogens with one attached hydrogen (secondary N) is 1. The van der Waals surface area contributed by atoms with Crippen LogP contribution in [0.2, 0.25) is 0 Å². The van der Waals surface area contributed by atoms with Crippen LogP contribution in [0.1, 0.15) is 22.3 Å².